The number of benzene rings is 19. The van der Waals surface area contributed by atoms with Gasteiger partial charge in [-0.3, -0.25) is 0 Å². The quantitative estimate of drug-likeness (QED) is 0.124. The maximum absolute atomic E-state index is 3.11. The van der Waals surface area contributed by atoms with Crippen molar-refractivity contribution in [1.82, 2.24) is 0 Å². The van der Waals surface area contributed by atoms with Crippen molar-refractivity contribution in [1.29, 1.82) is 0 Å². The largest absolute Gasteiger partial charge is 0.388 e. The van der Waals surface area contributed by atoms with E-state index in [4.69, 9.17) is 0 Å². The third kappa shape index (κ3) is 18.2. The molecule has 19 rings (SSSR count). The predicted octanol–water partition coefficient (Wildman–Crippen LogP) is 30.7. The Kier molecular flexibility index (Phi) is 23.7. The minimum atomic E-state index is 1.14. The maximum Gasteiger partial charge on any atom is 0.0540 e. The lowest BCUT2D eigenvalue weighted by Gasteiger charge is -2.28. The lowest BCUT2D eigenvalue weighted by Crippen LogP contribution is -2.11. The molecule has 0 radical (unpaired) electrons. The second-order valence-electron chi connectivity index (χ2n) is 29.6. The smallest absolute Gasteiger partial charge is 0.0540 e. The van der Waals surface area contributed by atoms with E-state index in [1.807, 2.05) is 7.05 Å². The highest BCUT2D eigenvalue weighted by atomic mass is 15.2. The van der Waals surface area contributed by atoms with Crippen molar-refractivity contribution in [3.8, 4) is 22.3 Å². The van der Waals surface area contributed by atoms with Gasteiger partial charge < -0.3 is 24.9 Å². The number of anilines is 11. The van der Waals surface area contributed by atoms with Crippen molar-refractivity contribution >= 4 is 127 Å². The van der Waals surface area contributed by atoms with Gasteiger partial charge in [0.15, 0.2) is 0 Å². The van der Waals surface area contributed by atoms with Crippen molar-refractivity contribution in [3.63, 3.8) is 0 Å². The molecule has 1 N–H and O–H groups in total. The van der Waals surface area contributed by atoms with Gasteiger partial charge in [-0.05, 0) is 221 Å². The van der Waals surface area contributed by atoms with Gasteiger partial charge >= 0.3 is 0 Å². The summed E-state index contributed by atoms with van der Waals surface area (Å²) < 4.78 is 0. The molecule has 5 heteroatoms. The monoisotopic (exact) mass is 1490 g/mol. The number of rotatable bonds is 13. The highest BCUT2D eigenvalue weighted by Crippen LogP contribution is 2.44. The van der Waals surface area contributed by atoms with E-state index in [2.05, 4.69) is 498 Å². The van der Waals surface area contributed by atoms with Gasteiger partial charge in [-0.15, -0.1) is 0 Å². The first-order valence-electron chi connectivity index (χ1n) is 39.5. The van der Waals surface area contributed by atoms with E-state index >= 15 is 0 Å². The summed E-state index contributed by atoms with van der Waals surface area (Å²) in [5.41, 5.74) is 24.4. The SMILES string of the molecule is CNc1ccc(-c2ccc(C)cc2)cc1.Cc1ccc(-c2ccc(N(C)C)cc2)cc1.Cc1ccc(N(c2ccc3ccccc3c2)c2ccc3ccccc3c2)cc1.Cc1ccc(N(c2ccc3ccccc3c2)c2cccc3ccccc23)cc1.Cc1ccc(N(c2cccc3ccccc23)c2cccc3ccccc23)cc1. The molecule has 0 saturated carbocycles. The van der Waals surface area contributed by atoms with Gasteiger partial charge in [0.05, 0.1) is 17.1 Å². The molecule has 0 aliphatic rings. The van der Waals surface area contributed by atoms with Gasteiger partial charge in [-0.25, -0.2) is 0 Å². The highest BCUT2D eigenvalue weighted by molar-refractivity contribution is 6.05. The summed E-state index contributed by atoms with van der Waals surface area (Å²) in [4.78, 5) is 9.18. The normalized spacial score (nSPS) is 10.8. The Morgan fingerprint density at radius 3 is 0.748 bits per heavy atom. The van der Waals surface area contributed by atoms with E-state index in [0.29, 0.717) is 0 Å². The molecule has 19 aromatic carbocycles. The molecule has 0 bridgehead atoms. The van der Waals surface area contributed by atoms with Crippen LogP contribution in [0.3, 0.4) is 0 Å². The first-order valence-corrected chi connectivity index (χ1v) is 39.5. The first-order chi connectivity index (χ1) is 56.3. The molecule has 0 aromatic heterocycles. The van der Waals surface area contributed by atoms with Gasteiger partial charge in [0, 0.05) is 82.8 Å². The van der Waals surface area contributed by atoms with Crippen LogP contribution in [-0.4, -0.2) is 21.1 Å². The van der Waals surface area contributed by atoms with Gasteiger partial charge in [-0.1, -0.05) is 337 Å². The summed E-state index contributed by atoms with van der Waals surface area (Å²) in [6, 6.07) is 151. The van der Waals surface area contributed by atoms with Crippen molar-refractivity contribution < 1.29 is 0 Å². The van der Waals surface area contributed by atoms with Gasteiger partial charge in [0.1, 0.15) is 0 Å². The Morgan fingerprint density at radius 1 is 0.183 bits per heavy atom. The van der Waals surface area contributed by atoms with Gasteiger partial charge in [0.25, 0.3) is 0 Å². The van der Waals surface area contributed by atoms with Crippen molar-refractivity contribution in [3.05, 3.63) is 452 Å². The molecule has 19 aromatic rings. The zero-order valence-electron chi connectivity index (χ0n) is 66.7. The Balaban J connectivity index is 0.000000116. The molecule has 0 fully saturated rings. The Labute approximate surface area is 678 Å². The fraction of sp³-hybridized carbons (Fsp3) is 0.0727. The maximum atomic E-state index is 3.11. The molecule has 0 aliphatic heterocycles. The Morgan fingerprint density at radius 2 is 0.417 bits per heavy atom. The molecule has 0 amide bonds. The van der Waals surface area contributed by atoms with Crippen LogP contribution in [0.5, 0.6) is 0 Å². The molecule has 0 saturated heterocycles. The average molecular weight is 1490 g/mol. The summed E-state index contributed by atoms with van der Waals surface area (Å²) in [6.45, 7) is 10.6. The number of aryl methyl sites for hydroxylation is 5. The Bertz CT molecular complexity index is 6260. The van der Waals surface area contributed by atoms with Crippen molar-refractivity contribution in [2.75, 3.05) is 46.1 Å². The second kappa shape index (κ2) is 35.8. The van der Waals surface area contributed by atoms with E-state index in [1.54, 1.807) is 0 Å². The van der Waals surface area contributed by atoms with E-state index in [-0.39, 0.29) is 0 Å². The van der Waals surface area contributed by atoms with Gasteiger partial charge in [-0.2, -0.15) is 0 Å². The minimum Gasteiger partial charge on any atom is -0.388 e. The standard InChI is InChI=1S/3C27H21N.C15H17N.C14H15N/c1-20-16-18-23(19-17-20)28(26-14-6-10-21-8-2-4-12-24(21)26)27-15-7-11-22-9-3-5-13-25(22)27;1-20-10-14-25(15-11-20)28(26-16-12-21-6-2-4-8-23(21)18-26)27-17-13-22-7-3-5-9-24(22)19-27;1-20-13-16-24(17-14-20)28(25-18-15-21-7-2-3-9-23(21)19-25)27-12-6-10-22-8-4-5-11-26(22)27;1-12-4-6-13(7-5-12)14-8-10-15(11-9-14)16(2)3;1-11-3-5-12(6-4-11)13-7-9-14(15-2)10-8-13/h3*2-19H,1H3;4-11H,1-3H3;3-10,15H,1-2H3. The molecular weight excluding hydrogens is 1390 g/mol. The van der Waals surface area contributed by atoms with E-state index in [0.717, 1.165) is 28.4 Å². The predicted molar refractivity (Wildman–Crippen MR) is 500 cm³/mol. The summed E-state index contributed by atoms with van der Waals surface area (Å²) in [5.74, 6) is 0. The third-order valence-electron chi connectivity index (χ3n) is 21.2. The lowest BCUT2D eigenvalue weighted by atomic mass is 10.0. The molecule has 0 unspecified atom stereocenters. The fourth-order valence-electron chi connectivity index (χ4n) is 14.8. The third-order valence-corrected chi connectivity index (χ3v) is 21.2. The molecule has 0 heterocycles. The molecular formula is C110H95N5. The number of nitrogens with zero attached hydrogens (tertiary/aromatic N) is 4. The zero-order chi connectivity index (χ0) is 79.0. The van der Waals surface area contributed by atoms with Crippen LogP contribution in [0.15, 0.2) is 425 Å². The van der Waals surface area contributed by atoms with E-state index in [9.17, 15) is 0 Å². The van der Waals surface area contributed by atoms with Crippen LogP contribution >= 0.6 is 0 Å². The average Bonchev–Trinajstić information content (AvgIpc) is 0.754. The minimum absolute atomic E-state index is 1.14. The first kappa shape index (κ1) is 76.1. The number of fused-ring (bicyclic) bond motifs is 6. The van der Waals surface area contributed by atoms with Crippen LogP contribution in [-0.2, 0) is 0 Å². The molecule has 0 spiro atoms. The molecule has 5 nitrogen and oxygen atoms in total. The molecule has 115 heavy (non-hydrogen) atoms. The Hall–Kier alpha value is -14.3. The van der Waals surface area contributed by atoms with E-state index < -0.39 is 0 Å². The molecule has 0 atom stereocenters. The van der Waals surface area contributed by atoms with Crippen LogP contribution in [0.25, 0.3) is 86.9 Å². The topological polar surface area (TPSA) is 25.0 Å². The number of nitrogens with one attached hydrogen (secondary N) is 1. The molecule has 0 aliphatic carbocycles. The van der Waals surface area contributed by atoms with Crippen LogP contribution in [0.1, 0.15) is 27.8 Å². The van der Waals surface area contributed by atoms with Crippen LogP contribution in [0, 0.1) is 34.6 Å². The lowest BCUT2D eigenvalue weighted by molar-refractivity contribution is 1.13. The van der Waals surface area contributed by atoms with Crippen molar-refractivity contribution in [2.24, 2.45) is 0 Å². The van der Waals surface area contributed by atoms with Gasteiger partial charge in [0.2, 0.25) is 0 Å². The summed E-state index contributed by atoms with van der Waals surface area (Å²) in [5, 5.41) is 18.1. The van der Waals surface area contributed by atoms with E-state index in [1.165, 1.54) is 149 Å². The van der Waals surface area contributed by atoms with Crippen LogP contribution in [0.2, 0.25) is 0 Å². The fourth-order valence-corrected chi connectivity index (χ4v) is 14.8. The van der Waals surface area contributed by atoms with Crippen LogP contribution in [0.4, 0.5) is 62.6 Å². The molecule has 560 valence electrons. The summed E-state index contributed by atoms with van der Waals surface area (Å²) in [7, 11) is 6.04. The summed E-state index contributed by atoms with van der Waals surface area (Å²) >= 11 is 0. The van der Waals surface area contributed by atoms with Crippen LogP contribution < -0.4 is 24.9 Å². The van der Waals surface area contributed by atoms with Crippen molar-refractivity contribution in [2.45, 2.75) is 34.6 Å². The highest BCUT2D eigenvalue weighted by Gasteiger charge is 2.20. The second-order valence-corrected chi connectivity index (χ2v) is 29.6. The number of hydrogen-bond donors (Lipinski definition) is 1. The number of hydrogen-bond acceptors (Lipinski definition) is 5. The summed E-state index contributed by atoms with van der Waals surface area (Å²) in [6.07, 6.45) is 0. The zero-order valence-corrected chi connectivity index (χ0v) is 66.7.